The van der Waals surface area contributed by atoms with Crippen LogP contribution in [-0.2, 0) is 11.2 Å². The lowest BCUT2D eigenvalue weighted by molar-refractivity contribution is -0.116. The van der Waals surface area contributed by atoms with E-state index in [1.165, 1.54) is 12.1 Å². The number of halogens is 1. The predicted octanol–water partition coefficient (Wildman–Crippen LogP) is 4.94. The second-order valence-corrected chi connectivity index (χ2v) is 6.29. The number of nitrogens with one attached hydrogen (secondary N) is 2. The van der Waals surface area contributed by atoms with Gasteiger partial charge in [0.15, 0.2) is 0 Å². The Morgan fingerprint density at radius 2 is 1.78 bits per heavy atom. The quantitative estimate of drug-likeness (QED) is 0.530. The van der Waals surface area contributed by atoms with Crippen LogP contribution < -0.4 is 5.32 Å². The Bertz CT molecular complexity index is 1070. The number of hydrogen-bond donors (Lipinski definition) is 2. The number of rotatable bonds is 5. The first-order valence-corrected chi connectivity index (χ1v) is 8.77. The van der Waals surface area contributed by atoms with Crippen molar-refractivity contribution in [3.05, 3.63) is 84.3 Å². The van der Waals surface area contributed by atoms with Gasteiger partial charge in [0.25, 0.3) is 0 Å². The van der Waals surface area contributed by atoms with Crippen molar-refractivity contribution in [1.82, 2.24) is 9.97 Å². The maximum absolute atomic E-state index is 13.3. The Kier molecular flexibility index (Phi) is 4.66. The molecule has 0 saturated carbocycles. The molecule has 2 aromatic carbocycles. The summed E-state index contributed by atoms with van der Waals surface area (Å²) in [5, 5.41) is 3.88. The summed E-state index contributed by atoms with van der Waals surface area (Å²) in [6.45, 7) is 0. The largest absolute Gasteiger partial charge is 0.354 e. The molecule has 5 heteroatoms. The van der Waals surface area contributed by atoms with Gasteiger partial charge in [-0.1, -0.05) is 24.3 Å². The SMILES string of the molecule is O=C(CCc1c(-c2ccc(F)cc2)[nH]c2ccccc12)Nc1ccccn1. The zero-order chi connectivity index (χ0) is 18.6. The fourth-order valence-electron chi connectivity index (χ4n) is 3.20. The van der Waals surface area contributed by atoms with E-state index in [1.807, 2.05) is 30.3 Å². The van der Waals surface area contributed by atoms with Gasteiger partial charge in [-0.3, -0.25) is 4.79 Å². The number of fused-ring (bicyclic) bond motifs is 1. The van der Waals surface area contributed by atoms with Gasteiger partial charge in [-0.2, -0.15) is 0 Å². The van der Waals surface area contributed by atoms with Gasteiger partial charge < -0.3 is 10.3 Å². The van der Waals surface area contributed by atoms with Crippen LogP contribution in [0.25, 0.3) is 22.2 Å². The first kappa shape index (κ1) is 17.0. The molecule has 0 bridgehead atoms. The minimum Gasteiger partial charge on any atom is -0.354 e. The molecular weight excluding hydrogens is 341 g/mol. The van der Waals surface area contributed by atoms with E-state index in [4.69, 9.17) is 0 Å². The fourth-order valence-corrected chi connectivity index (χ4v) is 3.20. The molecule has 2 N–H and O–H groups in total. The normalized spacial score (nSPS) is 10.9. The molecule has 0 spiro atoms. The second kappa shape index (κ2) is 7.41. The van der Waals surface area contributed by atoms with E-state index in [0.717, 1.165) is 27.7 Å². The van der Waals surface area contributed by atoms with Gasteiger partial charge in [0, 0.05) is 29.2 Å². The van der Waals surface area contributed by atoms with E-state index in [2.05, 4.69) is 15.3 Å². The third kappa shape index (κ3) is 3.72. The van der Waals surface area contributed by atoms with Gasteiger partial charge >= 0.3 is 0 Å². The lowest BCUT2D eigenvalue weighted by Gasteiger charge is -2.07. The van der Waals surface area contributed by atoms with Crippen LogP contribution in [0.5, 0.6) is 0 Å². The molecule has 1 amide bonds. The number of aromatic nitrogens is 2. The van der Waals surface area contributed by atoms with Crippen LogP contribution in [0.2, 0.25) is 0 Å². The van der Waals surface area contributed by atoms with E-state index in [1.54, 1.807) is 30.5 Å². The molecule has 0 aliphatic rings. The minimum absolute atomic E-state index is 0.0935. The zero-order valence-electron chi connectivity index (χ0n) is 14.6. The average molecular weight is 359 g/mol. The molecular formula is C22H18FN3O. The number of amides is 1. The molecule has 2 heterocycles. The number of para-hydroxylation sites is 1. The summed E-state index contributed by atoms with van der Waals surface area (Å²) in [6, 6.07) is 19.7. The molecule has 4 aromatic rings. The number of carbonyl (C=O) groups excluding carboxylic acids is 1. The number of aryl methyl sites for hydroxylation is 1. The van der Waals surface area contributed by atoms with Crippen molar-refractivity contribution in [2.45, 2.75) is 12.8 Å². The average Bonchev–Trinajstić information content (AvgIpc) is 3.06. The van der Waals surface area contributed by atoms with Crippen LogP contribution in [0.3, 0.4) is 0 Å². The molecule has 0 saturated heterocycles. The highest BCUT2D eigenvalue weighted by Gasteiger charge is 2.14. The molecule has 4 nitrogen and oxygen atoms in total. The second-order valence-electron chi connectivity index (χ2n) is 6.29. The van der Waals surface area contributed by atoms with Crippen LogP contribution in [0.1, 0.15) is 12.0 Å². The van der Waals surface area contributed by atoms with Crippen molar-refractivity contribution < 1.29 is 9.18 Å². The molecule has 4 rings (SSSR count). The van der Waals surface area contributed by atoms with Crippen molar-refractivity contribution in [3.8, 4) is 11.3 Å². The fraction of sp³-hybridized carbons (Fsp3) is 0.0909. The topological polar surface area (TPSA) is 57.8 Å². The van der Waals surface area contributed by atoms with Crippen molar-refractivity contribution in [2.24, 2.45) is 0 Å². The highest BCUT2D eigenvalue weighted by molar-refractivity contribution is 5.93. The number of H-pyrrole nitrogens is 1. The van der Waals surface area contributed by atoms with E-state index in [0.29, 0.717) is 18.7 Å². The van der Waals surface area contributed by atoms with Crippen LogP contribution in [-0.4, -0.2) is 15.9 Å². The summed E-state index contributed by atoms with van der Waals surface area (Å²) in [6.07, 6.45) is 2.53. The maximum atomic E-state index is 13.3. The van der Waals surface area contributed by atoms with E-state index in [-0.39, 0.29) is 11.7 Å². The van der Waals surface area contributed by atoms with Gasteiger partial charge in [0.1, 0.15) is 11.6 Å². The summed E-state index contributed by atoms with van der Waals surface area (Å²) in [7, 11) is 0. The number of anilines is 1. The van der Waals surface area contributed by atoms with Gasteiger partial charge in [0.2, 0.25) is 5.91 Å². The summed E-state index contributed by atoms with van der Waals surface area (Å²) in [5.74, 6) is 0.176. The van der Waals surface area contributed by atoms with Crippen LogP contribution in [0.4, 0.5) is 10.2 Å². The minimum atomic E-state index is -0.272. The standard InChI is InChI=1S/C22H18FN3O/c23-16-10-8-15(9-11-16)22-18(17-5-1-2-6-19(17)25-22)12-13-21(27)26-20-7-3-4-14-24-20/h1-11,14,25H,12-13H2,(H,24,26,27). The summed E-state index contributed by atoms with van der Waals surface area (Å²) < 4.78 is 13.3. The summed E-state index contributed by atoms with van der Waals surface area (Å²) in [5.41, 5.74) is 3.86. The number of pyridine rings is 1. The smallest absolute Gasteiger partial charge is 0.225 e. The monoisotopic (exact) mass is 359 g/mol. The maximum Gasteiger partial charge on any atom is 0.225 e. The van der Waals surface area contributed by atoms with Crippen LogP contribution in [0, 0.1) is 5.82 Å². The van der Waals surface area contributed by atoms with E-state index < -0.39 is 0 Å². The lowest BCUT2D eigenvalue weighted by Crippen LogP contribution is -2.13. The van der Waals surface area contributed by atoms with Gasteiger partial charge in [-0.15, -0.1) is 0 Å². The van der Waals surface area contributed by atoms with Gasteiger partial charge in [-0.05, 0) is 60.0 Å². The summed E-state index contributed by atoms with van der Waals surface area (Å²) in [4.78, 5) is 19.8. The van der Waals surface area contributed by atoms with Crippen LogP contribution >= 0.6 is 0 Å². The highest BCUT2D eigenvalue weighted by atomic mass is 19.1. The third-order valence-electron chi connectivity index (χ3n) is 4.48. The number of benzene rings is 2. The number of hydrogen-bond acceptors (Lipinski definition) is 2. The molecule has 0 fully saturated rings. The lowest BCUT2D eigenvalue weighted by atomic mass is 10.0. The number of nitrogens with zero attached hydrogens (tertiary/aromatic N) is 1. The highest BCUT2D eigenvalue weighted by Crippen LogP contribution is 2.31. The number of carbonyl (C=O) groups is 1. The molecule has 0 aliphatic carbocycles. The molecule has 0 aliphatic heterocycles. The van der Waals surface area contributed by atoms with E-state index in [9.17, 15) is 9.18 Å². The third-order valence-corrected chi connectivity index (χ3v) is 4.48. The molecule has 0 atom stereocenters. The summed E-state index contributed by atoms with van der Waals surface area (Å²) >= 11 is 0. The van der Waals surface area contributed by atoms with Gasteiger partial charge in [-0.25, -0.2) is 9.37 Å². The van der Waals surface area contributed by atoms with Crippen molar-refractivity contribution >= 4 is 22.6 Å². The molecule has 0 unspecified atom stereocenters. The van der Waals surface area contributed by atoms with Gasteiger partial charge in [0.05, 0.1) is 0 Å². The molecule has 134 valence electrons. The first-order valence-electron chi connectivity index (χ1n) is 8.77. The van der Waals surface area contributed by atoms with Crippen molar-refractivity contribution in [1.29, 1.82) is 0 Å². The molecule has 27 heavy (non-hydrogen) atoms. The Hall–Kier alpha value is -3.47. The molecule has 2 aromatic heterocycles. The first-order chi connectivity index (χ1) is 13.2. The van der Waals surface area contributed by atoms with Crippen LogP contribution in [0.15, 0.2) is 72.9 Å². The Labute approximate surface area is 156 Å². The predicted molar refractivity (Wildman–Crippen MR) is 105 cm³/mol. The van der Waals surface area contributed by atoms with Crippen molar-refractivity contribution in [3.63, 3.8) is 0 Å². The zero-order valence-corrected chi connectivity index (χ0v) is 14.6. The number of aromatic amines is 1. The van der Waals surface area contributed by atoms with E-state index >= 15 is 0 Å². The Morgan fingerprint density at radius 3 is 2.56 bits per heavy atom. The molecule has 0 radical (unpaired) electrons. The Balaban J connectivity index is 1.61. The van der Waals surface area contributed by atoms with Crippen molar-refractivity contribution in [2.75, 3.05) is 5.32 Å². The Morgan fingerprint density at radius 1 is 1.00 bits per heavy atom.